The highest BCUT2D eigenvalue weighted by molar-refractivity contribution is 6.30. The third-order valence-electron chi connectivity index (χ3n) is 3.15. The van der Waals surface area contributed by atoms with Gasteiger partial charge in [0.15, 0.2) is 0 Å². The molecule has 0 fully saturated rings. The van der Waals surface area contributed by atoms with Gasteiger partial charge >= 0.3 is 11.9 Å². The molecule has 0 radical (unpaired) electrons. The van der Waals surface area contributed by atoms with E-state index in [1.807, 2.05) is 0 Å². The highest BCUT2D eigenvalue weighted by atomic mass is 35.5. The van der Waals surface area contributed by atoms with Crippen LogP contribution in [-0.4, -0.2) is 14.9 Å². The van der Waals surface area contributed by atoms with Gasteiger partial charge in [0.05, 0.1) is 15.8 Å². The van der Waals surface area contributed by atoms with E-state index < -0.39 is 28.5 Å². The van der Waals surface area contributed by atoms with Gasteiger partial charge in [-0.1, -0.05) is 23.7 Å². The van der Waals surface area contributed by atoms with Crippen LogP contribution in [0.4, 0.5) is 18.9 Å². The quantitative estimate of drug-likeness (QED) is 0.479. The largest absolute Gasteiger partial charge is 0.451 e. The van der Waals surface area contributed by atoms with E-state index in [2.05, 4.69) is 9.97 Å². The Labute approximate surface area is 143 Å². The molecule has 0 unspecified atom stereocenters. The topological polar surface area (TPSA) is 78.2 Å². The molecule has 0 saturated carbocycles. The lowest BCUT2D eigenvalue weighted by Gasteiger charge is -2.11. The summed E-state index contributed by atoms with van der Waals surface area (Å²) < 4.78 is 44.3. The zero-order valence-electron chi connectivity index (χ0n) is 12.1. The van der Waals surface area contributed by atoms with Crippen LogP contribution in [0.5, 0.6) is 11.6 Å². The first kappa shape index (κ1) is 16.9. The van der Waals surface area contributed by atoms with E-state index in [1.54, 1.807) is 6.07 Å². The Kier molecular flexibility index (Phi) is 4.17. The molecule has 10 heteroatoms. The molecule has 0 spiro atoms. The number of hydrogen-bond donors (Lipinski definition) is 0. The molecule has 3 rings (SSSR count). The molecule has 1 aromatic heterocycles. The minimum atomic E-state index is -4.80. The van der Waals surface area contributed by atoms with Crippen LogP contribution in [0, 0.1) is 10.1 Å². The van der Waals surface area contributed by atoms with E-state index in [9.17, 15) is 23.3 Å². The summed E-state index contributed by atoms with van der Waals surface area (Å²) in [5.74, 6) is -2.13. The molecular formula is C15H7ClF3N3O3. The standard InChI is InChI=1S/C15H7ClF3N3O3/c16-8-5-6-12(11(7-8)22(23)24)25-13-9-3-1-2-4-10(9)20-14(21-13)15(17,18)19/h1-7H. The van der Waals surface area contributed by atoms with Gasteiger partial charge in [0.2, 0.25) is 17.5 Å². The highest BCUT2D eigenvalue weighted by Gasteiger charge is 2.36. The van der Waals surface area contributed by atoms with Gasteiger partial charge in [-0.15, -0.1) is 0 Å². The van der Waals surface area contributed by atoms with Crippen LogP contribution in [0.25, 0.3) is 10.9 Å². The van der Waals surface area contributed by atoms with Crippen LogP contribution in [0.2, 0.25) is 5.02 Å². The summed E-state index contributed by atoms with van der Waals surface area (Å²) in [6.07, 6.45) is -4.80. The Hall–Kier alpha value is -2.94. The third-order valence-corrected chi connectivity index (χ3v) is 3.38. The van der Waals surface area contributed by atoms with E-state index >= 15 is 0 Å². The second-order valence-corrected chi connectivity index (χ2v) is 5.27. The average Bonchev–Trinajstić information content (AvgIpc) is 2.55. The van der Waals surface area contributed by atoms with Crippen LogP contribution in [-0.2, 0) is 6.18 Å². The molecule has 128 valence electrons. The van der Waals surface area contributed by atoms with Gasteiger partial charge < -0.3 is 4.74 Å². The van der Waals surface area contributed by atoms with Crippen LogP contribution < -0.4 is 4.74 Å². The van der Waals surface area contributed by atoms with E-state index in [0.29, 0.717) is 0 Å². The minimum Gasteiger partial charge on any atom is -0.431 e. The predicted octanol–water partition coefficient (Wildman–Crippen LogP) is 5.00. The number of nitro benzene ring substituents is 1. The summed E-state index contributed by atoms with van der Waals surface area (Å²) in [5, 5.41) is 11.4. The molecule has 0 amide bonds. The van der Waals surface area contributed by atoms with Crippen molar-refractivity contribution < 1.29 is 22.8 Å². The summed E-state index contributed by atoms with van der Waals surface area (Å²) in [4.78, 5) is 17.2. The number of alkyl halides is 3. The van der Waals surface area contributed by atoms with Gasteiger partial charge in [0, 0.05) is 11.1 Å². The molecule has 0 aliphatic heterocycles. The first-order chi connectivity index (χ1) is 11.8. The van der Waals surface area contributed by atoms with Crippen LogP contribution in [0.15, 0.2) is 42.5 Å². The lowest BCUT2D eigenvalue weighted by Crippen LogP contribution is -2.12. The Bertz CT molecular complexity index is 979. The average molecular weight is 370 g/mol. The molecule has 3 aromatic rings. The number of halogens is 4. The maximum Gasteiger partial charge on any atom is 0.451 e. The van der Waals surface area contributed by atoms with Crippen molar-refractivity contribution >= 4 is 28.2 Å². The number of benzene rings is 2. The number of fused-ring (bicyclic) bond motifs is 1. The summed E-state index contributed by atoms with van der Waals surface area (Å²) in [6, 6.07) is 9.40. The normalized spacial score (nSPS) is 11.5. The zero-order chi connectivity index (χ0) is 18.2. The minimum absolute atomic E-state index is 0.00329. The Morgan fingerprint density at radius 3 is 2.52 bits per heavy atom. The lowest BCUT2D eigenvalue weighted by molar-refractivity contribution is -0.385. The molecule has 25 heavy (non-hydrogen) atoms. The molecular weight excluding hydrogens is 363 g/mol. The van der Waals surface area contributed by atoms with Gasteiger partial charge in [0.25, 0.3) is 0 Å². The fourth-order valence-corrected chi connectivity index (χ4v) is 2.24. The van der Waals surface area contributed by atoms with Crippen molar-refractivity contribution in [2.75, 3.05) is 0 Å². The molecule has 0 bridgehead atoms. The highest BCUT2D eigenvalue weighted by Crippen LogP contribution is 2.37. The monoisotopic (exact) mass is 369 g/mol. The first-order valence-electron chi connectivity index (χ1n) is 6.71. The summed E-state index contributed by atoms with van der Waals surface area (Å²) in [7, 11) is 0. The summed E-state index contributed by atoms with van der Waals surface area (Å²) in [5.41, 5.74) is -0.500. The number of aromatic nitrogens is 2. The first-order valence-corrected chi connectivity index (χ1v) is 7.09. The second-order valence-electron chi connectivity index (χ2n) is 4.84. The van der Waals surface area contributed by atoms with Crippen molar-refractivity contribution in [2.24, 2.45) is 0 Å². The molecule has 0 atom stereocenters. The predicted molar refractivity (Wildman–Crippen MR) is 82.7 cm³/mol. The summed E-state index contributed by atoms with van der Waals surface area (Å²) in [6.45, 7) is 0. The Balaban J connectivity index is 2.18. The third kappa shape index (κ3) is 3.45. The number of para-hydroxylation sites is 1. The van der Waals surface area contributed by atoms with Gasteiger partial charge in [-0.2, -0.15) is 18.2 Å². The number of hydrogen-bond acceptors (Lipinski definition) is 5. The van der Waals surface area contributed by atoms with Crippen LogP contribution >= 0.6 is 11.6 Å². The van der Waals surface area contributed by atoms with Gasteiger partial charge in [-0.25, -0.2) is 4.98 Å². The zero-order valence-corrected chi connectivity index (χ0v) is 12.9. The molecule has 1 heterocycles. The number of ether oxygens (including phenoxy) is 1. The second kappa shape index (κ2) is 6.17. The van der Waals surface area contributed by atoms with Gasteiger partial charge in [-0.3, -0.25) is 10.1 Å². The van der Waals surface area contributed by atoms with E-state index in [1.165, 1.54) is 30.3 Å². The van der Waals surface area contributed by atoms with Gasteiger partial charge in [0.1, 0.15) is 0 Å². The maximum absolute atomic E-state index is 13.0. The maximum atomic E-state index is 13.0. The fourth-order valence-electron chi connectivity index (χ4n) is 2.08. The smallest absolute Gasteiger partial charge is 0.431 e. The van der Waals surface area contributed by atoms with Crippen molar-refractivity contribution in [3.63, 3.8) is 0 Å². The Morgan fingerprint density at radius 1 is 1.12 bits per heavy atom. The van der Waals surface area contributed by atoms with Crippen molar-refractivity contribution in [1.29, 1.82) is 0 Å². The van der Waals surface area contributed by atoms with E-state index in [-0.39, 0.29) is 21.7 Å². The van der Waals surface area contributed by atoms with E-state index in [4.69, 9.17) is 16.3 Å². The van der Waals surface area contributed by atoms with Crippen LogP contribution in [0.1, 0.15) is 5.82 Å². The molecule has 6 nitrogen and oxygen atoms in total. The van der Waals surface area contributed by atoms with Gasteiger partial charge in [-0.05, 0) is 24.3 Å². The molecule has 2 aromatic carbocycles. The molecule has 0 saturated heterocycles. The molecule has 0 aliphatic rings. The number of rotatable bonds is 3. The SMILES string of the molecule is O=[N+]([O-])c1cc(Cl)ccc1Oc1nc(C(F)(F)F)nc2ccccc12. The fraction of sp³-hybridized carbons (Fsp3) is 0.0667. The lowest BCUT2D eigenvalue weighted by atomic mass is 10.2. The van der Waals surface area contributed by atoms with Crippen LogP contribution in [0.3, 0.4) is 0 Å². The number of nitro groups is 1. The van der Waals surface area contributed by atoms with Crippen molar-refractivity contribution in [1.82, 2.24) is 9.97 Å². The van der Waals surface area contributed by atoms with Crippen molar-refractivity contribution in [3.05, 3.63) is 63.4 Å². The Morgan fingerprint density at radius 2 is 1.84 bits per heavy atom. The summed E-state index contributed by atoms with van der Waals surface area (Å²) >= 11 is 5.71. The number of nitrogens with zero attached hydrogens (tertiary/aromatic N) is 3. The van der Waals surface area contributed by atoms with Crippen molar-refractivity contribution in [3.8, 4) is 11.6 Å². The molecule has 0 N–H and O–H groups in total. The van der Waals surface area contributed by atoms with Crippen molar-refractivity contribution in [2.45, 2.75) is 6.18 Å². The van der Waals surface area contributed by atoms with E-state index in [0.717, 1.165) is 6.07 Å². The molecule has 0 aliphatic carbocycles.